The molecule has 2 atom stereocenters. The van der Waals surface area contributed by atoms with E-state index in [4.69, 9.17) is 0 Å². The van der Waals surface area contributed by atoms with Gasteiger partial charge in [-0.15, -0.1) is 0 Å². The van der Waals surface area contributed by atoms with Gasteiger partial charge in [-0.3, -0.25) is 4.79 Å². The minimum atomic E-state index is -3.48. The van der Waals surface area contributed by atoms with Crippen LogP contribution in [0.1, 0.15) is 43.9 Å². The van der Waals surface area contributed by atoms with Crippen LogP contribution in [0.2, 0.25) is 0 Å². The average molecular weight is 449 g/mol. The van der Waals surface area contributed by atoms with E-state index in [0.717, 1.165) is 11.1 Å². The van der Waals surface area contributed by atoms with Crippen LogP contribution in [0.5, 0.6) is 0 Å². The average Bonchev–Trinajstić information content (AvgIpc) is 3.22. The first kappa shape index (κ1) is 23.3. The number of sulfonamides is 1. The molecule has 0 aliphatic carbocycles. The van der Waals surface area contributed by atoms with E-state index in [0.29, 0.717) is 25.9 Å². The van der Waals surface area contributed by atoms with Crippen molar-refractivity contribution >= 4 is 15.9 Å². The summed E-state index contributed by atoms with van der Waals surface area (Å²) < 4.78 is 39.9. The number of rotatable bonds is 9. The van der Waals surface area contributed by atoms with E-state index in [1.807, 2.05) is 19.9 Å². The predicted octanol–water partition coefficient (Wildman–Crippen LogP) is 2.47. The molecule has 3 N–H and O–H groups in total. The zero-order valence-electron chi connectivity index (χ0n) is 17.8. The Labute approximate surface area is 183 Å². The summed E-state index contributed by atoms with van der Waals surface area (Å²) in [6.07, 6.45) is 1.14. The summed E-state index contributed by atoms with van der Waals surface area (Å²) in [5.41, 5.74) is 7.82. The first-order chi connectivity index (χ1) is 14.8. The SMILES string of the molecule is CCN(CC)S(=O)(=O)c1ccc(CCC(=O)NC2CC(c3cccc(F)c3)NN2)cc1. The highest BCUT2D eigenvalue weighted by molar-refractivity contribution is 7.89. The monoisotopic (exact) mass is 448 g/mol. The molecule has 1 saturated heterocycles. The molecule has 1 fully saturated rings. The topological polar surface area (TPSA) is 90.5 Å². The van der Waals surface area contributed by atoms with Gasteiger partial charge in [0.15, 0.2) is 0 Å². The van der Waals surface area contributed by atoms with Gasteiger partial charge in [0.05, 0.1) is 11.1 Å². The molecular formula is C22H29FN4O3S. The molecule has 2 aromatic rings. The number of nitrogens with zero attached hydrogens (tertiary/aromatic N) is 1. The normalized spacial score (nSPS) is 19.0. The zero-order chi connectivity index (χ0) is 22.4. The molecule has 1 aliphatic heterocycles. The Bertz CT molecular complexity index is 994. The maximum atomic E-state index is 13.4. The van der Waals surface area contributed by atoms with Gasteiger partial charge in [-0.25, -0.2) is 23.7 Å². The highest BCUT2D eigenvalue weighted by Gasteiger charge is 2.26. The standard InChI is InChI=1S/C22H29FN4O3S/c1-3-27(4-2)31(29,30)19-11-8-16(9-12-19)10-13-22(28)24-21-15-20(25-26-21)17-6-5-7-18(23)14-17/h5-9,11-12,14,20-21,25-26H,3-4,10,13,15H2,1-2H3,(H,24,28). The lowest BCUT2D eigenvalue weighted by Crippen LogP contribution is -2.44. The molecule has 9 heteroatoms. The number of nitrogens with one attached hydrogen (secondary N) is 3. The Morgan fingerprint density at radius 2 is 1.84 bits per heavy atom. The van der Waals surface area contributed by atoms with Crippen molar-refractivity contribution in [1.29, 1.82) is 0 Å². The molecule has 3 rings (SSSR count). The number of hydrogen-bond donors (Lipinski definition) is 3. The van der Waals surface area contributed by atoms with Crippen molar-refractivity contribution in [2.75, 3.05) is 13.1 Å². The Morgan fingerprint density at radius 1 is 1.13 bits per heavy atom. The third kappa shape index (κ3) is 5.88. The second-order valence-corrected chi connectivity index (χ2v) is 9.42. The summed E-state index contributed by atoms with van der Waals surface area (Å²) in [6.45, 7) is 4.46. The van der Waals surface area contributed by atoms with Gasteiger partial charge in [0.25, 0.3) is 0 Å². The summed E-state index contributed by atoms with van der Waals surface area (Å²) in [6, 6.07) is 13.0. The number of carbonyl (C=O) groups is 1. The first-order valence-corrected chi connectivity index (χ1v) is 11.9. The van der Waals surface area contributed by atoms with Crippen molar-refractivity contribution in [2.24, 2.45) is 0 Å². The molecule has 0 bridgehead atoms. The van der Waals surface area contributed by atoms with Gasteiger partial charge in [-0.1, -0.05) is 38.1 Å². The molecule has 0 spiro atoms. The summed E-state index contributed by atoms with van der Waals surface area (Å²) in [4.78, 5) is 12.6. The van der Waals surface area contributed by atoms with Crippen molar-refractivity contribution in [2.45, 2.75) is 50.2 Å². The summed E-state index contributed by atoms with van der Waals surface area (Å²) in [5.74, 6) is -0.401. The maximum absolute atomic E-state index is 13.4. The number of halogens is 1. The van der Waals surface area contributed by atoms with Crippen LogP contribution in [0, 0.1) is 5.82 Å². The number of amides is 1. The van der Waals surface area contributed by atoms with Gasteiger partial charge >= 0.3 is 0 Å². The van der Waals surface area contributed by atoms with E-state index in [-0.39, 0.29) is 35.2 Å². The van der Waals surface area contributed by atoms with Crippen LogP contribution < -0.4 is 16.2 Å². The molecule has 168 valence electrons. The molecule has 1 aliphatic rings. The van der Waals surface area contributed by atoms with Crippen molar-refractivity contribution in [3.63, 3.8) is 0 Å². The lowest BCUT2D eigenvalue weighted by molar-refractivity contribution is -0.121. The molecule has 2 unspecified atom stereocenters. The summed E-state index contributed by atoms with van der Waals surface area (Å²) in [5, 5.41) is 2.92. The molecule has 0 radical (unpaired) electrons. The van der Waals surface area contributed by atoms with Crippen LogP contribution in [0.4, 0.5) is 4.39 Å². The minimum Gasteiger partial charge on any atom is -0.339 e. The number of carbonyl (C=O) groups excluding carboxylic acids is 1. The summed E-state index contributed by atoms with van der Waals surface area (Å²) in [7, 11) is -3.48. The molecule has 7 nitrogen and oxygen atoms in total. The Balaban J connectivity index is 1.49. The molecule has 0 aromatic heterocycles. The van der Waals surface area contributed by atoms with Gasteiger partial charge < -0.3 is 5.32 Å². The van der Waals surface area contributed by atoms with Crippen molar-refractivity contribution in [3.8, 4) is 0 Å². The fourth-order valence-electron chi connectivity index (χ4n) is 3.66. The molecule has 0 saturated carbocycles. The molecule has 2 aromatic carbocycles. The number of hydrazine groups is 1. The lowest BCUT2D eigenvalue weighted by atomic mass is 10.0. The Morgan fingerprint density at radius 3 is 2.48 bits per heavy atom. The van der Waals surface area contributed by atoms with E-state index in [1.165, 1.54) is 16.4 Å². The van der Waals surface area contributed by atoms with Crippen LogP contribution in [0.3, 0.4) is 0 Å². The van der Waals surface area contributed by atoms with Gasteiger partial charge in [0, 0.05) is 32.0 Å². The second-order valence-electron chi connectivity index (χ2n) is 7.49. The number of benzene rings is 2. The van der Waals surface area contributed by atoms with Gasteiger partial charge in [-0.2, -0.15) is 4.31 Å². The third-order valence-corrected chi connectivity index (χ3v) is 7.46. The van der Waals surface area contributed by atoms with Crippen LogP contribution in [0.15, 0.2) is 53.4 Å². The second kappa shape index (κ2) is 10.3. The number of hydrogen-bond acceptors (Lipinski definition) is 5. The fraction of sp³-hybridized carbons (Fsp3) is 0.409. The van der Waals surface area contributed by atoms with Crippen LogP contribution in [0.25, 0.3) is 0 Å². The summed E-state index contributed by atoms with van der Waals surface area (Å²) >= 11 is 0. The van der Waals surface area contributed by atoms with E-state index >= 15 is 0 Å². The fourth-order valence-corrected chi connectivity index (χ4v) is 5.12. The van der Waals surface area contributed by atoms with E-state index in [1.54, 1.807) is 30.3 Å². The van der Waals surface area contributed by atoms with Gasteiger partial charge in [-0.05, 0) is 41.8 Å². The molecule has 1 heterocycles. The van der Waals surface area contributed by atoms with Crippen LogP contribution in [-0.4, -0.2) is 37.9 Å². The van der Waals surface area contributed by atoms with Crippen molar-refractivity contribution in [1.82, 2.24) is 20.5 Å². The van der Waals surface area contributed by atoms with Crippen LogP contribution in [-0.2, 0) is 21.2 Å². The Kier molecular flexibility index (Phi) is 7.77. The number of aryl methyl sites for hydroxylation is 1. The van der Waals surface area contributed by atoms with Crippen molar-refractivity contribution < 1.29 is 17.6 Å². The molecule has 1 amide bonds. The highest BCUT2D eigenvalue weighted by atomic mass is 32.2. The van der Waals surface area contributed by atoms with Crippen LogP contribution >= 0.6 is 0 Å². The third-order valence-electron chi connectivity index (χ3n) is 5.40. The van der Waals surface area contributed by atoms with E-state index in [9.17, 15) is 17.6 Å². The molecule has 31 heavy (non-hydrogen) atoms. The van der Waals surface area contributed by atoms with Crippen molar-refractivity contribution in [3.05, 3.63) is 65.5 Å². The predicted molar refractivity (Wildman–Crippen MR) is 117 cm³/mol. The maximum Gasteiger partial charge on any atom is 0.243 e. The first-order valence-electron chi connectivity index (χ1n) is 10.5. The smallest absolute Gasteiger partial charge is 0.243 e. The van der Waals surface area contributed by atoms with E-state index < -0.39 is 10.0 Å². The van der Waals surface area contributed by atoms with Gasteiger partial charge in [0.2, 0.25) is 15.9 Å². The highest BCUT2D eigenvalue weighted by Crippen LogP contribution is 2.22. The largest absolute Gasteiger partial charge is 0.339 e. The quantitative estimate of drug-likeness (QED) is 0.548. The van der Waals surface area contributed by atoms with Gasteiger partial charge in [0.1, 0.15) is 5.82 Å². The Hall–Kier alpha value is -2.33. The lowest BCUT2D eigenvalue weighted by Gasteiger charge is -2.18. The molecular weight excluding hydrogens is 419 g/mol. The minimum absolute atomic E-state index is 0.0821. The van der Waals surface area contributed by atoms with E-state index in [2.05, 4.69) is 16.2 Å². The zero-order valence-corrected chi connectivity index (χ0v) is 18.6.